The number of hydrogen-bond acceptors (Lipinski definition) is 2. The minimum atomic E-state index is 0.162. The molecule has 286 valence electrons. The maximum atomic E-state index is 4.76. The Morgan fingerprint density at radius 3 is 1.66 bits per heavy atom. The fourth-order valence-corrected chi connectivity index (χ4v) is 10.4. The lowest BCUT2D eigenvalue weighted by Gasteiger charge is -2.29. The number of benzene rings is 8. The lowest BCUT2D eigenvalue weighted by molar-refractivity contribution is 0.745. The van der Waals surface area contributed by atoms with Crippen LogP contribution in [0.3, 0.4) is 0 Å². The number of para-hydroxylation sites is 4. The van der Waals surface area contributed by atoms with Crippen molar-refractivity contribution in [3.8, 4) is 33.6 Å². The van der Waals surface area contributed by atoms with Crippen LogP contribution in [0.25, 0.3) is 88.1 Å². The summed E-state index contributed by atoms with van der Waals surface area (Å²) in [6, 6.07) is 68.9. The van der Waals surface area contributed by atoms with Crippen LogP contribution in [-0.4, -0.2) is 20.2 Å². The molecule has 0 fully saturated rings. The van der Waals surface area contributed by atoms with Crippen molar-refractivity contribution in [1.82, 2.24) is 14.1 Å². The van der Waals surface area contributed by atoms with E-state index in [0.717, 1.165) is 33.4 Å². The van der Waals surface area contributed by atoms with Crippen LogP contribution in [0, 0.1) is 0 Å². The molecule has 0 saturated carbocycles. The largest absolute Gasteiger partial charge is 0.332 e. The van der Waals surface area contributed by atoms with E-state index in [0.29, 0.717) is 0 Å². The molecule has 0 spiro atoms. The molecule has 0 radical (unpaired) electrons. The minimum absolute atomic E-state index is 0.162. The zero-order chi connectivity index (χ0) is 40.0. The summed E-state index contributed by atoms with van der Waals surface area (Å²) in [6.45, 7) is 0. The highest BCUT2D eigenvalue weighted by atomic mass is 15.2. The molecule has 0 bridgehead atoms. The molecule has 3 aromatic heterocycles. The van der Waals surface area contributed by atoms with Gasteiger partial charge in [-0.15, -0.1) is 0 Å². The highest BCUT2D eigenvalue weighted by Gasteiger charge is 2.40. The van der Waals surface area contributed by atoms with E-state index < -0.39 is 0 Å². The Morgan fingerprint density at radius 2 is 0.967 bits per heavy atom. The first-order valence-electron chi connectivity index (χ1n) is 21.1. The molecule has 2 unspecified atom stereocenters. The number of allylic oxidation sites excluding steroid dienone is 2. The summed E-state index contributed by atoms with van der Waals surface area (Å²) in [5.74, 6) is 0.241. The van der Waals surface area contributed by atoms with E-state index in [-0.39, 0.29) is 12.0 Å². The van der Waals surface area contributed by atoms with Gasteiger partial charge in [-0.3, -0.25) is 4.98 Å². The maximum absolute atomic E-state index is 4.76. The Bertz CT molecular complexity index is 3530. The molecule has 0 N–H and O–H groups in total. The van der Waals surface area contributed by atoms with Crippen molar-refractivity contribution in [1.29, 1.82) is 0 Å². The van der Waals surface area contributed by atoms with Crippen LogP contribution in [0.1, 0.15) is 11.5 Å². The number of hydrogen-bond donors (Lipinski definition) is 0. The molecule has 61 heavy (non-hydrogen) atoms. The van der Waals surface area contributed by atoms with Crippen molar-refractivity contribution in [2.75, 3.05) is 4.90 Å². The Balaban J connectivity index is 0.923. The predicted molar refractivity (Wildman–Crippen MR) is 255 cm³/mol. The van der Waals surface area contributed by atoms with Crippen LogP contribution in [-0.2, 0) is 0 Å². The van der Waals surface area contributed by atoms with Crippen LogP contribution < -0.4 is 4.90 Å². The minimum Gasteiger partial charge on any atom is -0.332 e. The second-order valence-corrected chi connectivity index (χ2v) is 16.3. The fraction of sp³-hybridized carbons (Fsp3) is 0.0351. The van der Waals surface area contributed by atoms with Gasteiger partial charge in [0.25, 0.3) is 0 Å². The van der Waals surface area contributed by atoms with Crippen molar-refractivity contribution in [2.24, 2.45) is 0 Å². The molecule has 1 aliphatic heterocycles. The molecular weight excluding hydrogens is 741 g/mol. The van der Waals surface area contributed by atoms with Gasteiger partial charge >= 0.3 is 0 Å². The third-order valence-electron chi connectivity index (χ3n) is 13.1. The highest BCUT2D eigenvalue weighted by Crippen LogP contribution is 2.53. The van der Waals surface area contributed by atoms with Gasteiger partial charge in [0.2, 0.25) is 0 Å². The van der Waals surface area contributed by atoms with Gasteiger partial charge in [0.15, 0.2) is 0 Å². The number of rotatable bonds is 5. The third-order valence-corrected chi connectivity index (χ3v) is 13.1. The fourth-order valence-electron chi connectivity index (χ4n) is 10.4. The van der Waals surface area contributed by atoms with Crippen molar-refractivity contribution < 1.29 is 0 Å². The SMILES string of the molecule is C1=CC2c3ccc4c5ccccc5n(-c5ccc(-c6ccc(-n7c8ccccc8c8ccccc87)cc6)cc5)c4c3N(c3ccc(-c4cccc5cccnc45)cc3)C2C=C1. The van der Waals surface area contributed by atoms with E-state index in [9.17, 15) is 0 Å². The Hall–Kier alpha value is -7.95. The summed E-state index contributed by atoms with van der Waals surface area (Å²) in [7, 11) is 0. The molecule has 8 aromatic carbocycles. The Morgan fingerprint density at radius 1 is 0.410 bits per heavy atom. The van der Waals surface area contributed by atoms with Crippen molar-refractivity contribution in [3.05, 3.63) is 224 Å². The summed E-state index contributed by atoms with van der Waals surface area (Å²) in [5.41, 5.74) is 16.7. The molecular formula is C57H38N4. The van der Waals surface area contributed by atoms with Gasteiger partial charge in [-0.1, -0.05) is 152 Å². The zero-order valence-corrected chi connectivity index (χ0v) is 33.2. The van der Waals surface area contributed by atoms with Crippen LogP contribution in [0.2, 0.25) is 0 Å². The quantitative estimate of drug-likeness (QED) is 0.174. The molecule has 4 nitrogen and oxygen atoms in total. The zero-order valence-electron chi connectivity index (χ0n) is 33.2. The van der Waals surface area contributed by atoms with Gasteiger partial charge in [0, 0.05) is 61.7 Å². The first kappa shape index (κ1) is 34.0. The Kier molecular flexibility index (Phi) is 7.40. The van der Waals surface area contributed by atoms with Gasteiger partial charge in [0.05, 0.1) is 39.3 Å². The van der Waals surface area contributed by atoms with Gasteiger partial charge in [-0.25, -0.2) is 0 Å². The summed E-state index contributed by atoms with van der Waals surface area (Å²) in [6.07, 6.45) is 11.0. The van der Waals surface area contributed by atoms with Crippen LogP contribution >= 0.6 is 0 Å². The van der Waals surface area contributed by atoms with E-state index in [1.807, 2.05) is 12.3 Å². The topological polar surface area (TPSA) is 26.0 Å². The van der Waals surface area contributed by atoms with Crippen molar-refractivity contribution in [3.63, 3.8) is 0 Å². The lowest BCUT2D eigenvalue weighted by atomic mass is 9.91. The van der Waals surface area contributed by atoms with E-state index in [1.165, 1.54) is 71.7 Å². The summed E-state index contributed by atoms with van der Waals surface area (Å²) < 4.78 is 4.87. The molecule has 13 rings (SSSR count). The summed E-state index contributed by atoms with van der Waals surface area (Å²) in [5, 5.41) is 6.21. The monoisotopic (exact) mass is 778 g/mol. The van der Waals surface area contributed by atoms with E-state index in [4.69, 9.17) is 4.98 Å². The van der Waals surface area contributed by atoms with Crippen LogP contribution in [0.4, 0.5) is 11.4 Å². The molecule has 0 amide bonds. The standard InChI is InChI=1S/C57H38N4/c1-5-18-51-45(13-1)46-14-2-6-19-52(46)59(51)41-28-22-37(23-29-41)38-24-30-42(31-25-38)60-53-20-7-3-15-47(53)49-34-35-50-48-16-4-8-21-54(48)61(57(50)56(49)60)43-32-26-39(27-33-43)44-17-9-11-40-12-10-36-58-55(40)44/h1-36,48,54H. The van der Waals surface area contributed by atoms with E-state index >= 15 is 0 Å². The molecule has 2 atom stereocenters. The second-order valence-electron chi connectivity index (χ2n) is 16.3. The number of nitrogens with zero attached hydrogens (tertiary/aromatic N) is 4. The van der Waals surface area contributed by atoms with Gasteiger partial charge in [-0.05, 0) is 82.9 Å². The molecule has 2 aliphatic rings. The molecule has 4 heterocycles. The molecule has 1 aliphatic carbocycles. The molecule has 4 heteroatoms. The lowest BCUT2D eigenvalue weighted by Crippen LogP contribution is -2.28. The number of anilines is 2. The number of aromatic nitrogens is 3. The van der Waals surface area contributed by atoms with Crippen LogP contribution in [0.15, 0.2) is 219 Å². The van der Waals surface area contributed by atoms with E-state index in [2.05, 4.69) is 220 Å². The predicted octanol–water partition coefficient (Wildman–Crippen LogP) is 14.5. The maximum Gasteiger partial charge on any atom is 0.0782 e. The average molecular weight is 779 g/mol. The van der Waals surface area contributed by atoms with Crippen molar-refractivity contribution in [2.45, 2.75) is 12.0 Å². The van der Waals surface area contributed by atoms with Gasteiger partial charge in [0.1, 0.15) is 0 Å². The van der Waals surface area contributed by atoms with Crippen molar-refractivity contribution >= 4 is 65.9 Å². The molecule has 0 saturated heterocycles. The van der Waals surface area contributed by atoms with Crippen LogP contribution in [0.5, 0.6) is 0 Å². The Labute approximate surface area is 353 Å². The number of fused-ring (bicyclic) bond motifs is 11. The highest BCUT2D eigenvalue weighted by molar-refractivity contribution is 6.15. The smallest absolute Gasteiger partial charge is 0.0782 e. The van der Waals surface area contributed by atoms with Gasteiger partial charge in [-0.2, -0.15) is 0 Å². The first-order chi connectivity index (χ1) is 30.3. The summed E-state index contributed by atoms with van der Waals surface area (Å²) >= 11 is 0. The number of pyridine rings is 1. The van der Waals surface area contributed by atoms with E-state index in [1.54, 1.807) is 0 Å². The third kappa shape index (κ3) is 5.09. The molecule has 11 aromatic rings. The first-order valence-corrected chi connectivity index (χ1v) is 21.1. The van der Waals surface area contributed by atoms with Gasteiger partial charge < -0.3 is 14.0 Å². The summed E-state index contributed by atoms with van der Waals surface area (Å²) in [4.78, 5) is 7.34. The normalized spacial score (nSPS) is 15.7. The average Bonchev–Trinajstić information content (AvgIpc) is 3.98. The second kappa shape index (κ2) is 13.3.